The number of aromatic amines is 1. The Morgan fingerprint density at radius 1 is 0.952 bits per heavy atom. The van der Waals surface area contributed by atoms with Gasteiger partial charge in [0.15, 0.2) is 0 Å². The molecule has 0 saturated heterocycles. The average molecular weight is 274 g/mol. The minimum atomic E-state index is 0.883. The second kappa shape index (κ2) is 4.59. The molecule has 1 N–H and O–H groups in total. The summed E-state index contributed by atoms with van der Waals surface area (Å²) < 4.78 is 1.81. The van der Waals surface area contributed by atoms with E-state index in [1.165, 1.54) is 0 Å². The van der Waals surface area contributed by atoms with Gasteiger partial charge in [-0.3, -0.25) is 4.68 Å². The molecule has 2 aromatic heterocycles. The van der Waals surface area contributed by atoms with Crippen LogP contribution in [0, 0.1) is 0 Å². The van der Waals surface area contributed by atoms with Crippen molar-refractivity contribution < 1.29 is 0 Å². The molecule has 0 amide bonds. The van der Waals surface area contributed by atoms with Crippen LogP contribution in [0.25, 0.3) is 33.7 Å². The van der Waals surface area contributed by atoms with E-state index in [2.05, 4.69) is 33.3 Å². The van der Waals surface area contributed by atoms with Gasteiger partial charge in [0.2, 0.25) is 0 Å². The van der Waals surface area contributed by atoms with Crippen LogP contribution in [0.3, 0.4) is 0 Å². The van der Waals surface area contributed by atoms with Crippen molar-refractivity contribution in [3.05, 3.63) is 60.8 Å². The van der Waals surface area contributed by atoms with Crippen molar-refractivity contribution in [2.45, 2.75) is 0 Å². The fourth-order valence-electron chi connectivity index (χ4n) is 2.48. The average Bonchev–Trinajstić information content (AvgIpc) is 3.13. The van der Waals surface area contributed by atoms with E-state index in [0.717, 1.165) is 33.7 Å². The minimum Gasteiger partial charge on any atom is -0.338 e. The van der Waals surface area contributed by atoms with E-state index in [4.69, 9.17) is 0 Å². The van der Waals surface area contributed by atoms with Crippen molar-refractivity contribution in [3.8, 4) is 22.6 Å². The van der Waals surface area contributed by atoms with Crippen molar-refractivity contribution >= 4 is 11.0 Å². The van der Waals surface area contributed by atoms with Crippen molar-refractivity contribution in [2.75, 3.05) is 0 Å². The molecule has 0 aliphatic rings. The van der Waals surface area contributed by atoms with E-state index in [-0.39, 0.29) is 0 Å². The summed E-state index contributed by atoms with van der Waals surface area (Å²) in [6, 6.07) is 18.3. The van der Waals surface area contributed by atoms with Crippen molar-refractivity contribution in [1.82, 2.24) is 19.7 Å². The quantitative estimate of drug-likeness (QED) is 0.606. The van der Waals surface area contributed by atoms with Crippen LogP contribution in [-0.4, -0.2) is 19.7 Å². The lowest BCUT2D eigenvalue weighted by atomic mass is 10.1. The Labute approximate surface area is 122 Å². The van der Waals surface area contributed by atoms with Gasteiger partial charge in [-0.1, -0.05) is 30.3 Å². The molecule has 2 aromatic carbocycles. The summed E-state index contributed by atoms with van der Waals surface area (Å²) >= 11 is 0. The number of para-hydroxylation sites is 2. The standard InChI is InChI=1S/C17H14N4/c1-21-10-9-14(20-21)12-5-4-6-13(11-12)17-18-15-7-2-3-8-16(15)19-17/h2-11H,1H3,(H,18,19). The lowest BCUT2D eigenvalue weighted by molar-refractivity contribution is 0.771. The first kappa shape index (κ1) is 11.9. The topological polar surface area (TPSA) is 46.5 Å². The Morgan fingerprint density at radius 2 is 1.81 bits per heavy atom. The second-order valence-corrected chi connectivity index (χ2v) is 5.06. The number of H-pyrrole nitrogens is 1. The predicted molar refractivity (Wildman–Crippen MR) is 83.7 cm³/mol. The fraction of sp³-hybridized carbons (Fsp3) is 0.0588. The Hall–Kier alpha value is -2.88. The van der Waals surface area contributed by atoms with Crippen LogP contribution in [-0.2, 0) is 7.05 Å². The zero-order valence-electron chi connectivity index (χ0n) is 11.6. The first-order valence-electron chi connectivity index (χ1n) is 6.85. The second-order valence-electron chi connectivity index (χ2n) is 5.06. The summed E-state index contributed by atoms with van der Waals surface area (Å²) in [6.07, 6.45) is 1.95. The van der Waals surface area contributed by atoms with Crippen molar-refractivity contribution in [1.29, 1.82) is 0 Å². The van der Waals surface area contributed by atoms with Gasteiger partial charge in [-0.15, -0.1) is 0 Å². The number of benzene rings is 2. The van der Waals surface area contributed by atoms with Gasteiger partial charge < -0.3 is 4.98 Å². The smallest absolute Gasteiger partial charge is 0.138 e. The molecule has 4 nitrogen and oxygen atoms in total. The van der Waals surface area contributed by atoms with Gasteiger partial charge in [-0.05, 0) is 24.3 Å². The van der Waals surface area contributed by atoms with Crippen LogP contribution >= 0.6 is 0 Å². The molecule has 0 unspecified atom stereocenters. The summed E-state index contributed by atoms with van der Waals surface area (Å²) in [5.74, 6) is 0.883. The van der Waals surface area contributed by atoms with Crippen LogP contribution in [0.4, 0.5) is 0 Å². The largest absolute Gasteiger partial charge is 0.338 e. The lowest BCUT2D eigenvalue weighted by Gasteiger charge is -2.00. The van der Waals surface area contributed by atoms with E-state index in [1.54, 1.807) is 0 Å². The first-order valence-corrected chi connectivity index (χ1v) is 6.85. The number of nitrogens with one attached hydrogen (secondary N) is 1. The van der Waals surface area contributed by atoms with Gasteiger partial charge in [0, 0.05) is 24.4 Å². The highest BCUT2D eigenvalue weighted by Gasteiger charge is 2.07. The van der Waals surface area contributed by atoms with Crippen molar-refractivity contribution in [2.24, 2.45) is 7.05 Å². The molecule has 0 bridgehead atoms. The van der Waals surface area contributed by atoms with Crippen molar-refractivity contribution in [3.63, 3.8) is 0 Å². The molecular formula is C17H14N4. The van der Waals surface area contributed by atoms with E-state index in [9.17, 15) is 0 Å². The maximum atomic E-state index is 4.64. The molecule has 0 aliphatic heterocycles. The fourth-order valence-corrected chi connectivity index (χ4v) is 2.48. The Bertz CT molecular complexity index is 884. The Morgan fingerprint density at radius 3 is 2.62 bits per heavy atom. The maximum absolute atomic E-state index is 4.64. The highest BCUT2D eigenvalue weighted by molar-refractivity contribution is 5.80. The summed E-state index contributed by atoms with van der Waals surface area (Å²) in [6.45, 7) is 0. The molecule has 0 atom stereocenters. The maximum Gasteiger partial charge on any atom is 0.138 e. The third-order valence-electron chi connectivity index (χ3n) is 3.53. The number of aryl methyl sites for hydroxylation is 1. The van der Waals surface area contributed by atoms with E-state index >= 15 is 0 Å². The summed E-state index contributed by atoms with van der Waals surface area (Å²) in [5.41, 5.74) is 5.16. The monoisotopic (exact) mass is 274 g/mol. The third-order valence-corrected chi connectivity index (χ3v) is 3.53. The molecule has 102 valence electrons. The minimum absolute atomic E-state index is 0.883. The van der Waals surface area contributed by atoms with Gasteiger partial charge in [-0.25, -0.2) is 4.98 Å². The molecule has 0 spiro atoms. The Balaban J connectivity index is 1.81. The van der Waals surface area contributed by atoms with Gasteiger partial charge in [0.1, 0.15) is 5.82 Å². The van der Waals surface area contributed by atoms with Crippen LogP contribution in [0.5, 0.6) is 0 Å². The number of rotatable bonds is 2. The van der Waals surface area contributed by atoms with E-state index in [1.807, 2.05) is 54.3 Å². The molecule has 0 radical (unpaired) electrons. The van der Waals surface area contributed by atoms with Crippen LogP contribution in [0.2, 0.25) is 0 Å². The number of aromatic nitrogens is 4. The molecular weight excluding hydrogens is 260 g/mol. The van der Waals surface area contributed by atoms with Gasteiger partial charge in [-0.2, -0.15) is 5.10 Å². The number of hydrogen-bond donors (Lipinski definition) is 1. The SMILES string of the molecule is Cn1ccc(-c2cccc(-c3nc4ccccc4[nH]3)c2)n1. The van der Waals surface area contributed by atoms with Gasteiger partial charge in [0.05, 0.1) is 16.7 Å². The molecule has 4 rings (SSSR count). The van der Waals surface area contributed by atoms with Crippen LogP contribution in [0.15, 0.2) is 60.8 Å². The third kappa shape index (κ3) is 2.10. The molecule has 0 fully saturated rings. The molecule has 0 aliphatic carbocycles. The normalized spacial score (nSPS) is 11.1. The zero-order valence-corrected chi connectivity index (χ0v) is 11.6. The summed E-state index contributed by atoms with van der Waals surface area (Å²) in [4.78, 5) is 8.00. The summed E-state index contributed by atoms with van der Waals surface area (Å²) in [5, 5.41) is 4.44. The zero-order chi connectivity index (χ0) is 14.2. The van der Waals surface area contributed by atoms with E-state index < -0.39 is 0 Å². The van der Waals surface area contributed by atoms with Gasteiger partial charge >= 0.3 is 0 Å². The highest BCUT2D eigenvalue weighted by Crippen LogP contribution is 2.25. The highest BCUT2D eigenvalue weighted by atomic mass is 15.2. The van der Waals surface area contributed by atoms with E-state index in [0.29, 0.717) is 0 Å². The number of hydrogen-bond acceptors (Lipinski definition) is 2. The molecule has 0 saturated carbocycles. The number of fused-ring (bicyclic) bond motifs is 1. The number of imidazole rings is 1. The lowest BCUT2D eigenvalue weighted by Crippen LogP contribution is -1.88. The molecule has 4 heteroatoms. The predicted octanol–water partition coefficient (Wildman–Crippen LogP) is 3.63. The van der Waals surface area contributed by atoms with Gasteiger partial charge in [0.25, 0.3) is 0 Å². The molecule has 21 heavy (non-hydrogen) atoms. The number of nitrogens with zero attached hydrogens (tertiary/aromatic N) is 3. The summed E-state index contributed by atoms with van der Waals surface area (Å²) in [7, 11) is 1.92. The Kier molecular flexibility index (Phi) is 2.60. The molecule has 2 heterocycles. The van der Waals surface area contributed by atoms with Crippen LogP contribution in [0.1, 0.15) is 0 Å². The molecule has 4 aromatic rings. The first-order chi connectivity index (χ1) is 10.3. The van der Waals surface area contributed by atoms with Crippen LogP contribution < -0.4 is 0 Å².